The molecule has 2 aromatic rings. The molecule has 0 radical (unpaired) electrons. The fraction of sp³-hybridized carbons (Fsp3) is 0.250. The largest absolute Gasteiger partial charge is 0.494 e. The molecular weight excluding hydrogens is 355 g/mol. The highest BCUT2D eigenvalue weighted by molar-refractivity contribution is 7.89. The maximum atomic E-state index is 13.7. The molecule has 0 fully saturated rings. The lowest BCUT2D eigenvalue weighted by molar-refractivity contribution is 0.385. The van der Waals surface area contributed by atoms with E-state index in [-0.39, 0.29) is 29.6 Å². The Balaban J connectivity index is 0.00000208. The Hall–Kier alpha value is -1.67. The van der Waals surface area contributed by atoms with Crippen LogP contribution >= 0.6 is 12.4 Å². The quantitative estimate of drug-likeness (QED) is 0.845. The molecule has 2 aromatic carbocycles. The summed E-state index contributed by atoms with van der Waals surface area (Å²) < 4.78 is 45.5. The minimum absolute atomic E-state index is 0. The zero-order valence-corrected chi connectivity index (χ0v) is 14.6. The van der Waals surface area contributed by atoms with E-state index >= 15 is 0 Å². The van der Waals surface area contributed by atoms with Gasteiger partial charge in [-0.2, -0.15) is 0 Å². The lowest BCUT2D eigenvalue weighted by Gasteiger charge is -2.09. The van der Waals surface area contributed by atoms with E-state index in [9.17, 15) is 12.8 Å². The standard InChI is InChI=1S/C16H17FN2O3S.ClH/c1-22-16-5-4-14(7-15(16)17)23(20,21)19-8-11-2-3-12-9-18-10-13(12)6-11;/h2-7,18-19H,8-10H2,1H3;1H. The Morgan fingerprint density at radius 3 is 2.62 bits per heavy atom. The van der Waals surface area contributed by atoms with Gasteiger partial charge in [0.15, 0.2) is 11.6 Å². The van der Waals surface area contributed by atoms with Crippen molar-refractivity contribution in [1.82, 2.24) is 10.0 Å². The molecule has 2 N–H and O–H groups in total. The number of methoxy groups -OCH3 is 1. The zero-order valence-electron chi connectivity index (χ0n) is 13.0. The van der Waals surface area contributed by atoms with Crippen LogP contribution in [-0.2, 0) is 29.7 Å². The maximum absolute atomic E-state index is 13.7. The molecule has 0 bridgehead atoms. The molecule has 0 unspecified atom stereocenters. The smallest absolute Gasteiger partial charge is 0.240 e. The third-order valence-electron chi connectivity index (χ3n) is 3.80. The Morgan fingerprint density at radius 1 is 1.17 bits per heavy atom. The van der Waals surface area contributed by atoms with Gasteiger partial charge in [-0.3, -0.25) is 0 Å². The number of rotatable bonds is 5. The van der Waals surface area contributed by atoms with Gasteiger partial charge < -0.3 is 10.1 Å². The van der Waals surface area contributed by atoms with Crippen molar-refractivity contribution in [2.24, 2.45) is 0 Å². The summed E-state index contributed by atoms with van der Waals surface area (Å²) in [5.74, 6) is -0.700. The summed E-state index contributed by atoms with van der Waals surface area (Å²) in [6.45, 7) is 1.79. The average molecular weight is 373 g/mol. The van der Waals surface area contributed by atoms with Gasteiger partial charge in [0.05, 0.1) is 12.0 Å². The molecule has 1 aliphatic heterocycles. The first kappa shape index (κ1) is 18.7. The summed E-state index contributed by atoms with van der Waals surface area (Å²) in [6, 6.07) is 9.43. The number of benzene rings is 2. The van der Waals surface area contributed by atoms with Gasteiger partial charge in [-0.1, -0.05) is 18.2 Å². The summed E-state index contributed by atoms with van der Waals surface area (Å²) in [7, 11) is -2.45. The molecule has 5 nitrogen and oxygen atoms in total. The second kappa shape index (κ2) is 7.48. The van der Waals surface area contributed by atoms with Crippen molar-refractivity contribution < 1.29 is 17.5 Å². The first-order valence-electron chi connectivity index (χ1n) is 7.14. The van der Waals surface area contributed by atoms with Crippen molar-refractivity contribution in [3.8, 4) is 5.75 Å². The van der Waals surface area contributed by atoms with Gasteiger partial charge >= 0.3 is 0 Å². The van der Waals surface area contributed by atoms with Crippen molar-refractivity contribution in [3.05, 3.63) is 58.9 Å². The Kier molecular flexibility index (Phi) is 5.82. The third kappa shape index (κ3) is 3.87. The lowest BCUT2D eigenvalue weighted by Crippen LogP contribution is -2.23. The number of nitrogens with one attached hydrogen (secondary N) is 2. The van der Waals surface area contributed by atoms with Crippen LogP contribution in [0.15, 0.2) is 41.3 Å². The molecule has 130 valence electrons. The van der Waals surface area contributed by atoms with Crippen molar-refractivity contribution >= 4 is 22.4 Å². The predicted octanol–water partition coefficient (Wildman–Crippen LogP) is 2.34. The molecule has 8 heteroatoms. The fourth-order valence-electron chi connectivity index (χ4n) is 2.53. The topological polar surface area (TPSA) is 67.4 Å². The van der Waals surface area contributed by atoms with Crippen molar-refractivity contribution in [2.45, 2.75) is 24.5 Å². The Bertz CT molecular complexity index is 843. The second-order valence-electron chi connectivity index (χ2n) is 5.33. The van der Waals surface area contributed by atoms with E-state index < -0.39 is 15.8 Å². The summed E-state index contributed by atoms with van der Waals surface area (Å²) in [5.41, 5.74) is 3.27. The molecule has 0 saturated carbocycles. The van der Waals surface area contributed by atoms with E-state index in [2.05, 4.69) is 10.0 Å². The molecule has 0 spiro atoms. The van der Waals surface area contributed by atoms with Crippen LogP contribution < -0.4 is 14.8 Å². The lowest BCUT2D eigenvalue weighted by atomic mass is 10.1. The minimum atomic E-state index is -3.78. The monoisotopic (exact) mass is 372 g/mol. The Morgan fingerprint density at radius 2 is 1.92 bits per heavy atom. The van der Waals surface area contributed by atoms with E-state index in [1.165, 1.54) is 30.4 Å². The van der Waals surface area contributed by atoms with Gasteiger partial charge in [0.2, 0.25) is 10.0 Å². The van der Waals surface area contributed by atoms with Crippen LogP contribution in [0.5, 0.6) is 5.75 Å². The van der Waals surface area contributed by atoms with Crippen LogP contribution in [0.4, 0.5) is 4.39 Å². The SMILES string of the molecule is COc1ccc(S(=O)(=O)NCc2ccc3c(c2)CNC3)cc1F.Cl. The van der Waals surface area contributed by atoms with Crippen LogP contribution in [0.1, 0.15) is 16.7 Å². The van der Waals surface area contributed by atoms with E-state index in [1.807, 2.05) is 18.2 Å². The zero-order chi connectivity index (χ0) is 16.4. The van der Waals surface area contributed by atoms with Crippen LogP contribution in [0.2, 0.25) is 0 Å². The van der Waals surface area contributed by atoms with Crippen LogP contribution in [0.25, 0.3) is 0 Å². The molecule has 0 amide bonds. The predicted molar refractivity (Wildman–Crippen MR) is 91.2 cm³/mol. The van der Waals surface area contributed by atoms with E-state index in [0.717, 1.165) is 24.7 Å². The Labute approximate surface area is 146 Å². The van der Waals surface area contributed by atoms with Crippen molar-refractivity contribution in [1.29, 1.82) is 0 Å². The van der Waals surface area contributed by atoms with E-state index in [4.69, 9.17) is 4.74 Å². The summed E-state index contributed by atoms with van der Waals surface area (Å²) >= 11 is 0. The molecule has 0 atom stereocenters. The molecule has 0 aromatic heterocycles. The highest BCUT2D eigenvalue weighted by atomic mass is 35.5. The number of sulfonamides is 1. The average Bonchev–Trinajstić information content (AvgIpc) is 3.00. The summed E-state index contributed by atoms with van der Waals surface area (Å²) in [6.07, 6.45) is 0. The number of ether oxygens (including phenoxy) is 1. The molecule has 1 heterocycles. The first-order chi connectivity index (χ1) is 11.0. The molecule has 3 rings (SSSR count). The van der Waals surface area contributed by atoms with Gasteiger partial charge in [-0.15, -0.1) is 12.4 Å². The number of hydrogen-bond donors (Lipinski definition) is 2. The first-order valence-corrected chi connectivity index (χ1v) is 8.62. The number of hydrogen-bond acceptors (Lipinski definition) is 4. The van der Waals surface area contributed by atoms with Crippen molar-refractivity contribution in [2.75, 3.05) is 7.11 Å². The molecule has 24 heavy (non-hydrogen) atoms. The van der Waals surface area contributed by atoms with Gasteiger partial charge in [-0.05, 0) is 34.9 Å². The van der Waals surface area contributed by atoms with Gasteiger partial charge in [-0.25, -0.2) is 17.5 Å². The van der Waals surface area contributed by atoms with Crippen LogP contribution in [0, 0.1) is 5.82 Å². The molecule has 1 aliphatic rings. The van der Waals surface area contributed by atoms with Crippen LogP contribution in [-0.4, -0.2) is 15.5 Å². The highest BCUT2D eigenvalue weighted by Gasteiger charge is 2.17. The van der Waals surface area contributed by atoms with Crippen molar-refractivity contribution in [3.63, 3.8) is 0 Å². The van der Waals surface area contributed by atoms with Gasteiger partial charge in [0.1, 0.15) is 0 Å². The molecule has 0 aliphatic carbocycles. The fourth-order valence-corrected chi connectivity index (χ4v) is 3.56. The second-order valence-corrected chi connectivity index (χ2v) is 7.09. The highest BCUT2D eigenvalue weighted by Crippen LogP contribution is 2.21. The van der Waals surface area contributed by atoms with E-state index in [0.29, 0.717) is 0 Å². The third-order valence-corrected chi connectivity index (χ3v) is 5.20. The molecule has 0 saturated heterocycles. The van der Waals surface area contributed by atoms with Gasteiger partial charge in [0.25, 0.3) is 0 Å². The number of halogens is 2. The van der Waals surface area contributed by atoms with E-state index in [1.54, 1.807) is 0 Å². The normalized spacial score (nSPS) is 13.2. The minimum Gasteiger partial charge on any atom is -0.494 e. The summed E-state index contributed by atoms with van der Waals surface area (Å²) in [5, 5.41) is 3.24. The maximum Gasteiger partial charge on any atom is 0.240 e. The van der Waals surface area contributed by atoms with Gasteiger partial charge in [0, 0.05) is 19.6 Å². The van der Waals surface area contributed by atoms with Crippen LogP contribution in [0.3, 0.4) is 0 Å². The molecular formula is C16H18ClFN2O3S. The number of fused-ring (bicyclic) bond motifs is 1. The summed E-state index contributed by atoms with van der Waals surface area (Å²) in [4.78, 5) is -0.126.